The van der Waals surface area contributed by atoms with Crippen LogP contribution in [0.3, 0.4) is 0 Å². The Morgan fingerprint density at radius 1 is 0.865 bits per heavy atom. The van der Waals surface area contributed by atoms with E-state index in [-0.39, 0.29) is 5.82 Å². The van der Waals surface area contributed by atoms with Gasteiger partial charge in [0.05, 0.1) is 28.8 Å². The largest absolute Gasteiger partial charge is 0.492 e. The molecule has 5 aromatic heterocycles. The molecule has 37 heavy (non-hydrogen) atoms. The van der Waals surface area contributed by atoms with Gasteiger partial charge in [-0.25, -0.2) is 4.39 Å². The number of nitrogens with zero attached hydrogens (tertiary/aromatic N) is 5. The summed E-state index contributed by atoms with van der Waals surface area (Å²) in [4.78, 5) is 18.7. The molecule has 6 rings (SSSR count). The van der Waals surface area contributed by atoms with E-state index in [1.54, 1.807) is 24.8 Å². The van der Waals surface area contributed by atoms with Gasteiger partial charge in [-0.1, -0.05) is 0 Å². The highest BCUT2D eigenvalue weighted by Crippen LogP contribution is 2.35. The first-order valence-electron chi connectivity index (χ1n) is 11.9. The fourth-order valence-electron chi connectivity index (χ4n) is 4.34. The third kappa shape index (κ3) is 4.52. The van der Waals surface area contributed by atoms with Crippen LogP contribution >= 0.6 is 0 Å². The number of hydrogen-bond donors (Lipinski definition) is 2. The molecule has 0 amide bonds. The standard InChI is InChI=1S/C28H24FN7O/c1-36(2)9-10-37-20-12-18(11-19(29)13-20)27-21-15-25(33-23(21)5-8-31-27)28-22-14-24(17-3-6-30-7-4-17)32-16-26(22)34-35-28/h3-8,11-16,33H,9-10H2,1-2H3,(H,34,35). The van der Waals surface area contributed by atoms with Gasteiger partial charge >= 0.3 is 0 Å². The van der Waals surface area contributed by atoms with Crippen molar-refractivity contribution in [3.63, 3.8) is 0 Å². The Labute approximate surface area is 212 Å². The summed E-state index contributed by atoms with van der Waals surface area (Å²) in [6, 6.07) is 14.4. The lowest BCUT2D eigenvalue weighted by molar-refractivity contribution is 0.260. The van der Waals surface area contributed by atoms with Crippen LogP contribution in [0.4, 0.5) is 4.39 Å². The third-order valence-electron chi connectivity index (χ3n) is 6.18. The summed E-state index contributed by atoms with van der Waals surface area (Å²) in [5.41, 5.74) is 6.40. The lowest BCUT2D eigenvalue weighted by atomic mass is 10.1. The van der Waals surface area contributed by atoms with E-state index in [1.807, 2.05) is 55.4 Å². The van der Waals surface area contributed by atoms with E-state index >= 15 is 0 Å². The molecule has 0 saturated heterocycles. The van der Waals surface area contributed by atoms with Crippen molar-refractivity contribution in [3.05, 3.63) is 79.1 Å². The number of aromatic amines is 2. The van der Waals surface area contributed by atoms with Crippen LogP contribution < -0.4 is 4.74 Å². The predicted molar refractivity (Wildman–Crippen MR) is 142 cm³/mol. The maximum absolute atomic E-state index is 14.5. The number of benzene rings is 1. The Bertz CT molecular complexity index is 1710. The molecule has 1 aromatic carbocycles. The molecule has 0 unspecified atom stereocenters. The summed E-state index contributed by atoms with van der Waals surface area (Å²) in [6.07, 6.45) is 6.98. The van der Waals surface area contributed by atoms with Gasteiger partial charge in [0.15, 0.2) is 0 Å². The topological polar surface area (TPSA) is 95.6 Å². The maximum atomic E-state index is 14.5. The molecule has 9 heteroatoms. The number of ether oxygens (including phenoxy) is 1. The third-order valence-corrected chi connectivity index (χ3v) is 6.18. The molecule has 0 radical (unpaired) electrons. The van der Waals surface area contributed by atoms with Gasteiger partial charge in [-0.15, -0.1) is 0 Å². The molecule has 2 N–H and O–H groups in total. The SMILES string of the molecule is CN(C)CCOc1cc(F)cc(-c2nccc3[nH]c(-c4n[nH]c5cnc(-c6ccncc6)cc45)cc23)c1. The zero-order chi connectivity index (χ0) is 25.4. The number of nitrogens with one attached hydrogen (secondary N) is 2. The van der Waals surface area contributed by atoms with Crippen molar-refractivity contribution in [1.29, 1.82) is 0 Å². The summed E-state index contributed by atoms with van der Waals surface area (Å²) in [5.74, 6) is 0.0993. The highest BCUT2D eigenvalue weighted by Gasteiger charge is 2.16. The summed E-state index contributed by atoms with van der Waals surface area (Å²) >= 11 is 0. The molecule has 0 fully saturated rings. The Morgan fingerprint density at radius 3 is 2.54 bits per heavy atom. The lowest BCUT2D eigenvalue weighted by Crippen LogP contribution is -2.19. The van der Waals surface area contributed by atoms with Gasteiger partial charge in [0, 0.05) is 58.6 Å². The van der Waals surface area contributed by atoms with E-state index in [4.69, 9.17) is 4.74 Å². The summed E-state index contributed by atoms with van der Waals surface area (Å²) in [5, 5.41) is 9.43. The number of rotatable bonds is 7. The second-order valence-electron chi connectivity index (χ2n) is 9.05. The van der Waals surface area contributed by atoms with E-state index in [0.717, 1.165) is 51.0 Å². The molecule has 0 atom stereocenters. The van der Waals surface area contributed by atoms with Crippen molar-refractivity contribution in [3.8, 4) is 39.7 Å². The minimum atomic E-state index is -0.374. The average Bonchev–Trinajstić information content (AvgIpc) is 3.52. The second-order valence-corrected chi connectivity index (χ2v) is 9.05. The van der Waals surface area contributed by atoms with E-state index < -0.39 is 0 Å². The smallest absolute Gasteiger partial charge is 0.127 e. The number of aromatic nitrogens is 6. The van der Waals surface area contributed by atoms with Crippen LogP contribution in [0.15, 0.2) is 73.3 Å². The minimum absolute atomic E-state index is 0.374. The first-order chi connectivity index (χ1) is 18.0. The Kier molecular flexibility index (Phi) is 5.82. The zero-order valence-corrected chi connectivity index (χ0v) is 20.4. The number of halogens is 1. The number of pyridine rings is 3. The van der Waals surface area contributed by atoms with Crippen LogP contribution in [-0.2, 0) is 0 Å². The maximum Gasteiger partial charge on any atom is 0.127 e. The van der Waals surface area contributed by atoms with E-state index in [9.17, 15) is 4.39 Å². The highest BCUT2D eigenvalue weighted by atomic mass is 19.1. The van der Waals surface area contributed by atoms with Gasteiger partial charge in [-0.2, -0.15) is 5.10 Å². The average molecular weight is 494 g/mol. The predicted octanol–water partition coefficient (Wildman–Crippen LogP) is 5.31. The molecule has 0 aliphatic carbocycles. The monoisotopic (exact) mass is 493 g/mol. The van der Waals surface area contributed by atoms with Crippen molar-refractivity contribution in [2.75, 3.05) is 27.2 Å². The first-order valence-corrected chi connectivity index (χ1v) is 11.9. The van der Waals surface area contributed by atoms with Gasteiger partial charge in [0.2, 0.25) is 0 Å². The first kappa shape index (κ1) is 22.8. The van der Waals surface area contributed by atoms with Gasteiger partial charge in [-0.3, -0.25) is 20.1 Å². The normalized spacial score (nSPS) is 11.6. The van der Waals surface area contributed by atoms with Crippen LogP contribution in [0.5, 0.6) is 5.75 Å². The van der Waals surface area contributed by atoms with Crippen molar-refractivity contribution >= 4 is 21.8 Å². The summed E-state index contributed by atoms with van der Waals surface area (Å²) in [7, 11) is 3.93. The highest BCUT2D eigenvalue weighted by molar-refractivity contribution is 6.00. The molecular formula is C28H24FN7O. The van der Waals surface area contributed by atoms with Gasteiger partial charge in [0.1, 0.15) is 23.9 Å². The van der Waals surface area contributed by atoms with Gasteiger partial charge in [-0.05, 0) is 56.6 Å². The van der Waals surface area contributed by atoms with Crippen molar-refractivity contribution in [2.24, 2.45) is 0 Å². The number of H-pyrrole nitrogens is 2. The fraction of sp³-hybridized carbons (Fsp3) is 0.143. The summed E-state index contributed by atoms with van der Waals surface area (Å²) < 4.78 is 20.3. The Hall–Kier alpha value is -4.63. The molecule has 0 aliphatic heterocycles. The van der Waals surface area contributed by atoms with Gasteiger partial charge < -0.3 is 14.6 Å². The van der Waals surface area contributed by atoms with Crippen LogP contribution in [0.1, 0.15) is 0 Å². The number of likely N-dealkylation sites (N-methyl/N-ethyl adjacent to an activating group) is 1. The molecule has 6 aromatic rings. The summed E-state index contributed by atoms with van der Waals surface area (Å²) in [6.45, 7) is 1.20. The molecule has 0 bridgehead atoms. The van der Waals surface area contributed by atoms with Gasteiger partial charge in [0.25, 0.3) is 0 Å². The second kappa shape index (κ2) is 9.44. The minimum Gasteiger partial charge on any atom is -0.492 e. The van der Waals surface area contributed by atoms with Crippen LogP contribution in [-0.4, -0.2) is 62.3 Å². The zero-order valence-electron chi connectivity index (χ0n) is 20.4. The Balaban J connectivity index is 1.41. The molecular weight excluding hydrogens is 469 g/mol. The number of hydrogen-bond acceptors (Lipinski definition) is 6. The van der Waals surface area contributed by atoms with Crippen molar-refractivity contribution in [1.82, 2.24) is 35.0 Å². The van der Waals surface area contributed by atoms with Crippen LogP contribution in [0.25, 0.3) is 55.7 Å². The molecule has 0 saturated carbocycles. The van der Waals surface area contributed by atoms with E-state index in [2.05, 4.69) is 30.1 Å². The van der Waals surface area contributed by atoms with E-state index in [0.29, 0.717) is 23.6 Å². The quantitative estimate of drug-likeness (QED) is 0.313. The lowest BCUT2D eigenvalue weighted by Gasteiger charge is -2.12. The fourth-order valence-corrected chi connectivity index (χ4v) is 4.34. The molecule has 184 valence electrons. The molecule has 5 heterocycles. The molecule has 0 aliphatic rings. The van der Waals surface area contributed by atoms with Crippen LogP contribution in [0, 0.1) is 5.82 Å². The number of fused-ring (bicyclic) bond motifs is 2. The Morgan fingerprint density at radius 2 is 1.70 bits per heavy atom. The van der Waals surface area contributed by atoms with E-state index in [1.165, 1.54) is 12.1 Å². The molecule has 0 spiro atoms. The van der Waals surface area contributed by atoms with Crippen molar-refractivity contribution < 1.29 is 9.13 Å². The van der Waals surface area contributed by atoms with Crippen molar-refractivity contribution in [2.45, 2.75) is 0 Å². The molecule has 8 nitrogen and oxygen atoms in total. The van der Waals surface area contributed by atoms with Crippen LogP contribution in [0.2, 0.25) is 0 Å².